The topological polar surface area (TPSA) is 70.2 Å². The van der Waals surface area contributed by atoms with Gasteiger partial charge in [0, 0.05) is 43.7 Å². The molecule has 0 atom stereocenters. The molecule has 30 heavy (non-hydrogen) atoms. The number of carbonyl (C=O) groups excluding carboxylic acids is 1. The zero-order chi connectivity index (χ0) is 21.7. The molecule has 1 amide bonds. The SMILES string of the molecule is Cc1cc(N(C)C)nc(Nc2ccc(NC(=O)CCc3ccc(F)c(Cl)c3)cc2)n1. The molecular formula is C22H23ClFN5O. The summed E-state index contributed by atoms with van der Waals surface area (Å²) in [5, 5.41) is 6.08. The predicted octanol–water partition coefficient (Wildman–Crippen LogP) is 4.96. The summed E-state index contributed by atoms with van der Waals surface area (Å²) in [5.74, 6) is 0.728. The van der Waals surface area contributed by atoms with Crippen molar-refractivity contribution in [3.63, 3.8) is 0 Å². The Balaban J connectivity index is 1.56. The maximum atomic E-state index is 13.2. The number of hydrogen-bond donors (Lipinski definition) is 2. The summed E-state index contributed by atoms with van der Waals surface area (Å²) in [4.78, 5) is 23.0. The van der Waals surface area contributed by atoms with E-state index < -0.39 is 5.82 Å². The smallest absolute Gasteiger partial charge is 0.229 e. The van der Waals surface area contributed by atoms with Gasteiger partial charge in [0.2, 0.25) is 11.9 Å². The molecule has 2 aromatic carbocycles. The van der Waals surface area contributed by atoms with E-state index in [-0.39, 0.29) is 17.4 Å². The number of aromatic nitrogens is 2. The van der Waals surface area contributed by atoms with Gasteiger partial charge in [-0.05, 0) is 55.3 Å². The van der Waals surface area contributed by atoms with Gasteiger partial charge < -0.3 is 15.5 Å². The zero-order valence-corrected chi connectivity index (χ0v) is 17.8. The van der Waals surface area contributed by atoms with Gasteiger partial charge in [0.1, 0.15) is 11.6 Å². The quantitative estimate of drug-likeness (QED) is 0.557. The van der Waals surface area contributed by atoms with Crippen LogP contribution in [-0.2, 0) is 11.2 Å². The lowest BCUT2D eigenvalue weighted by atomic mass is 10.1. The first-order chi connectivity index (χ1) is 14.3. The molecular weight excluding hydrogens is 405 g/mol. The Labute approximate surface area is 180 Å². The third kappa shape index (κ3) is 5.90. The zero-order valence-electron chi connectivity index (χ0n) is 17.0. The largest absolute Gasteiger partial charge is 0.363 e. The van der Waals surface area contributed by atoms with Crippen LogP contribution in [0.3, 0.4) is 0 Å². The van der Waals surface area contributed by atoms with Crippen molar-refractivity contribution in [2.45, 2.75) is 19.8 Å². The molecule has 3 rings (SSSR count). The maximum Gasteiger partial charge on any atom is 0.229 e. The van der Waals surface area contributed by atoms with Gasteiger partial charge in [-0.3, -0.25) is 4.79 Å². The molecule has 0 spiro atoms. The van der Waals surface area contributed by atoms with Crippen LogP contribution in [0.2, 0.25) is 5.02 Å². The molecule has 6 nitrogen and oxygen atoms in total. The molecule has 2 N–H and O–H groups in total. The van der Waals surface area contributed by atoms with E-state index in [1.165, 1.54) is 6.07 Å². The van der Waals surface area contributed by atoms with Crippen LogP contribution in [0, 0.1) is 12.7 Å². The first-order valence-corrected chi connectivity index (χ1v) is 9.82. The minimum Gasteiger partial charge on any atom is -0.363 e. The third-order valence-corrected chi connectivity index (χ3v) is 4.64. The number of hydrogen-bond acceptors (Lipinski definition) is 5. The van der Waals surface area contributed by atoms with Crippen molar-refractivity contribution in [1.82, 2.24) is 9.97 Å². The normalized spacial score (nSPS) is 10.6. The summed E-state index contributed by atoms with van der Waals surface area (Å²) in [7, 11) is 3.85. The summed E-state index contributed by atoms with van der Waals surface area (Å²) < 4.78 is 13.2. The number of amides is 1. The lowest BCUT2D eigenvalue weighted by molar-refractivity contribution is -0.116. The molecule has 0 saturated carbocycles. The number of benzene rings is 2. The van der Waals surface area contributed by atoms with Crippen LogP contribution in [0.4, 0.5) is 27.5 Å². The highest BCUT2D eigenvalue weighted by atomic mass is 35.5. The van der Waals surface area contributed by atoms with Crippen molar-refractivity contribution in [3.8, 4) is 0 Å². The Morgan fingerprint density at radius 2 is 1.77 bits per heavy atom. The standard InChI is InChI=1S/C22H23ClFN5O/c1-14-12-20(29(2)3)28-22(25-14)27-17-8-6-16(7-9-17)26-21(30)11-5-15-4-10-19(24)18(23)13-15/h4,6-10,12-13H,5,11H2,1-3H3,(H,26,30)(H,25,27,28). The van der Waals surface area contributed by atoms with E-state index in [0.29, 0.717) is 18.1 Å². The average Bonchev–Trinajstić information content (AvgIpc) is 2.70. The second-order valence-corrected chi connectivity index (χ2v) is 7.49. The van der Waals surface area contributed by atoms with Gasteiger partial charge in [0.25, 0.3) is 0 Å². The lowest BCUT2D eigenvalue weighted by Gasteiger charge is -2.14. The Morgan fingerprint density at radius 1 is 1.07 bits per heavy atom. The molecule has 1 aromatic heterocycles. The summed E-state index contributed by atoms with van der Waals surface area (Å²) in [5.41, 5.74) is 3.17. The van der Waals surface area contributed by atoms with E-state index in [0.717, 1.165) is 22.8 Å². The Hall–Kier alpha value is -3.19. The minimum atomic E-state index is -0.465. The fraction of sp³-hybridized carbons (Fsp3) is 0.227. The molecule has 3 aromatic rings. The number of anilines is 4. The van der Waals surface area contributed by atoms with Gasteiger partial charge in [0.05, 0.1) is 5.02 Å². The van der Waals surface area contributed by atoms with E-state index in [2.05, 4.69) is 20.6 Å². The van der Waals surface area contributed by atoms with Crippen molar-refractivity contribution in [2.24, 2.45) is 0 Å². The van der Waals surface area contributed by atoms with E-state index in [1.807, 2.05) is 44.1 Å². The van der Waals surface area contributed by atoms with Gasteiger partial charge in [0.15, 0.2) is 0 Å². The van der Waals surface area contributed by atoms with Gasteiger partial charge in [-0.1, -0.05) is 17.7 Å². The predicted molar refractivity (Wildman–Crippen MR) is 119 cm³/mol. The van der Waals surface area contributed by atoms with Crippen molar-refractivity contribution in [3.05, 3.63) is 70.6 Å². The van der Waals surface area contributed by atoms with E-state index in [1.54, 1.807) is 24.3 Å². The minimum absolute atomic E-state index is 0.0614. The fourth-order valence-electron chi connectivity index (χ4n) is 2.78. The highest BCUT2D eigenvalue weighted by Gasteiger charge is 2.07. The van der Waals surface area contributed by atoms with Gasteiger partial charge >= 0.3 is 0 Å². The lowest BCUT2D eigenvalue weighted by Crippen LogP contribution is -2.13. The second-order valence-electron chi connectivity index (χ2n) is 7.08. The Bertz CT molecular complexity index is 1040. The summed E-state index contributed by atoms with van der Waals surface area (Å²) in [6, 6.07) is 13.7. The van der Waals surface area contributed by atoms with Crippen molar-refractivity contribution < 1.29 is 9.18 Å². The first kappa shape index (κ1) is 21.5. The van der Waals surface area contributed by atoms with Gasteiger partial charge in [-0.2, -0.15) is 4.98 Å². The highest BCUT2D eigenvalue weighted by Crippen LogP contribution is 2.20. The molecule has 0 aliphatic heterocycles. The van der Waals surface area contributed by atoms with Crippen molar-refractivity contribution >= 4 is 40.6 Å². The second kappa shape index (κ2) is 9.54. The summed E-state index contributed by atoms with van der Waals surface area (Å²) in [6.07, 6.45) is 0.747. The number of aryl methyl sites for hydroxylation is 2. The number of nitrogens with zero attached hydrogens (tertiary/aromatic N) is 3. The van der Waals surface area contributed by atoms with Gasteiger partial charge in [-0.25, -0.2) is 9.37 Å². The number of rotatable bonds is 7. The number of carbonyl (C=O) groups is 1. The molecule has 0 saturated heterocycles. The molecule has 0 unspecified atom stereocenters. The molecule has 0 fully saturated rings. The molecule has 0 aliphatic carbocycles. The van der Waals surface area contributed by atoms with E-state index >= 15 is 0 Å². The highest BCUT2D eigenvalue weighted by molar-refractivity contribution is 6.30. The van der Waals surface area contributed by atoms with Crippen LogP contribution in [0.5, 0.6) is 0 Å². The Morgan fingerprint density at radius 3 is 2.43 bits per heavy atom. The van der Waals surface area contributed by atoms with Gasteiger partial charge in [-0.15, -0.1) is 0 Å². The molecule has 8 heteroatoms. The Kier molecular flexibility index (Phi) is 6.84. The molecule has 0 aliphatic rings. The van der Waals surface area contributed by atoms with Crippen molar-refractivity contribution in [2.75, 3.05) is 29.6 Å². The van der Waals surface area contributed by atoms with Crippen LogP contribution in [0.1, 0.15) is 17.7 Å². The number of nitrogens with one attached hydrogen (secondary N) is 2. The molecule has 0 radical (unpaired) electrons. The molecule has 1 heterocycles. The molecule has 156 valence electrons. The fourth-order valence-corrected chi connectivity index (χ4v) is 2.98. The molecule has 0 bridgehead atoms. The third-order valence-electron chi connectivity index (χ3n) is 4.35. The van der Waals surface area contributed by atoms with E-state index in [9.17, 15) is 9.18 Å². The summed E-state index contributed by atoms with van der Waals surface area (Å²) in [6.45, 7) is 1.92. The van der Waals surface area contributed by atoms with Crippen LogP contribution >= 0.6 is 11.6 Å². The monoisotopic (exact) mass is 427 g/mol. The average molecular weight is 428 g/mol. The maximum absolute atomic E-state index is 13.2. The summed E-state index contributed by atoms with van der Waals surface area (Å²) >= 11 is 5.77. The first-order valence-electron chi connectivity index (χ1n) is 9.44. The van der Waals surface area contributed by atoms with Crippen molar-refractivity contribution in [1.29, 1.82) is 0 Å². The number of halogens is 2. The van der Waals surface area contributed by atoms with Crippen LogP contribution in [0.15, 0.2) is 48.5 Å². The van der Waals surface area contributed by atoms with Crippen LogP contribution in [0.25, 0.3) is 0 Å². The van der Waals surface area contributed by atoms with E-state index in [4.69, 9.17) is 11.6 Å². The van der Waals surface area contributed by atoms with Crippen LogP contribution in [-0.4, -0.2) is 30.0 Å². The van der Waals surface area contributed by atoms with Crippen LogP contribution < -0.4 is 15.5 Å².